The summed E-state index contributed by atoms with van der Waals surface area (Å²) in [4.78, 5) is 23.0. The molecule has 2 aliphatic rings. The van der Waals surface area contributed by atoms with Crippen LogP contribution in [0.3, 0.4) is 0 Å². The Balaban J connectivity index is 0.000000300. The van der Waals surface area contributed by atoms with Crippen molar-refractivity contribution < 1.29 is 28.5 Å². The van der Waals surface area contributed by atoms with Gasteiger partial charge in [-0.05, 0) is 80.1 Å². The quantitative estimate of drug-likeness (QED) is 0.695. The zero-order chi connectivity index (χ0) is 22.9. The monoisotopic (exact) mass is 430 g/mol. The number of hydrogen-bond donors (Lipinski definition) is 2. The normalized spacial score (nSPS) is 26.4. The average molecular weight is 431 g/mol. The molecule has 8 heteroatoms. The number of amides is 2. The summed E-state index contributed by atoms with van der Waals surface area (Å²) < 4.78 is 20.9. The molecule has 2 saturated carbocycles. The van der Waals surface area contributed by atoms with Crippen molar-refractivity contribution in [3.8, 4) is 0 Å². The zero-order valence-corrected chi connectivity index (χ0v) is 20.0. The van der Waals surface area contributed by atoms with Gasteiger partial charge in [0.15, 0.2) is 0 Å². The largest absolute Gasteiger partial charge is 0.444 e. The van der Waals surface area contributed by atoms with Crippen LogP contribution >= 0.6 is 0 Å². The molecular formula is C22H42N2O6. The van der Waals surface area contributed by atoms with Crippen LogP contribution in [0.5, 0.6) is 0 Å². The van der Waals surface area contributed by atoms with Crippen LogP contribution in [0.4, 0.5) is 9.59 Å². The lowest BCUT2D eigenvalue weighted by Crippen LogP contribution is -2.43. The molecule has 0 heterocycles. The summed E-state index contributed by atoms with van der Waals surface area (Å²) in [5.74, 6) is 0. The summed E-state index contributed by atoms with van der Waals surface area (Å²) >= 11 is 0. The van der Waals surface area contributed by atoms with Gasteiger partial charge in [0, 0.05) is 14.2 Å². The molecule has 0 radical (unpaired) electrons. The van der Waals surface area contributed by atoms with Crippen molar-refractivity contribution in [2.75, 3.05) is 14.2 Å². The van der Waals surface area contributed by atoms with Crippen molar-refractivity contribution in [2.45, 2.75) is 116 Å². The highest BCUT2D eigenvalue weighted by Gasteiger charge is 2.31. The topological polar surface area (TPSA) is 95.1 Å². The van der Waals surface area contributed by atoms with E-state index < -0.39 is 11.2 Å². The van der Waals surface area contributed by atoms with Crippen molar-refractivity contribution in [3.63, 3.8) is 0 Å². The van der Waals surface area contributed by atoms with Gasteiger partial charge in [0.05, 0.1) is 24.3 Å². The van der Waals surface area contributed by atoms with E-state index in [9.17, 15) is 9.59 Å². The van der Waals surface area contributed by atoms with Crippen LogP contribution in [-0.4, -0.2) is 61.9 Å². The number of ether oxygens (including phenoxy) is 4. The predicted octanol–water partition coefficient (Wildman–Crippen LogP) is 4.16. The highest BCUT2D eigenvalue weighted by Crippen LogP contribution is 2.22. The molecule has 176 valence electrons. The Morgan fingerprint density at radius 1 is 0.667 bits per heavy atom. The van der Waals surface area contributed by atoms with Crippen molar-refractivity contribution in [3.05, 3.63) is 0 Å². The third-order valence-electron chi connectivity index (χ3n) is 4.91. The first-order valence-corrected chi connectivity index (χ1v) is 10.9. The van der Waals surface area contributed by atoms with E-state index >= 15 is 0 Å². The maximum atomic E-state index is 11.5. The molecular weight excluding hydrogens is 388 g/mol. The first-order chi connectivity index (χ1) is 13.8. The molecule has 30 heavy (non-hydrogen) atoms. The predicted molar refractivity (Wildman–Crippen MR) is 116 cm³/mol. The molecule has 0 saturated heterocycles. The fourth-order valence-corrected chi connectivity index (χ4v) is 3.66. The highest BCUT2D eigenvalue weighted by atomic mass is 16.6. The molecule has 0 aliphatic heterocycles. The van der Waals surface area contributed by atoms with E-state index in [4.69, 9.17) is 18.9 Å². The third kappa shape index (κ3) is 10.5. The van der Waals surface area contributed by atoms with Gasteiger partial charge >= 0.3 is 12.2 Å². The van der Waals surface area contributed by atoms with E-state index in [0.717, 1.165) is 38.5 Å². The van der Waals surface area contributed by atoms with E-state index in [2.05, 4.69) is 10.6 Å². The minimum absolute atomic E-state index is 0.102. The van der Waals surface area contributed by atoms with Gasteiger partial charge in [0.1, 0.15) is 11.2 Å². The summed E-state index contributed by atoms with van der Waals surface area (Å²) in [6.07, 6.45) is 5.73. The molecule has 0 aromatic rings. The minimum Gasteiger partial charge on any atom is -0.444 e. The Labute approximate surface area is 181 Å². The molecule has 4 atom stereocenters. The molecule has 0 aromatic heterocycles. The second-order valence-electron chi connectivity index (χ2n) is 9.92. The number of nitrogens with one attached hydrogen (secondary N) is 2. The Kier molecular flexibility index (Phi) is 10.4. The van der Waals surface area contributed by atoms with Gasteiger partial charge in [-0.3, -0.25) is 0 Å². The standard InChI is InChI=1S/2C11H21NO3/c2*1-11(2,3)15-10(13)12-8-6-5-7-9(8)14-4/h2*8-9H,5-7H2,1-4H3,(H,12,13)/t2*8-,9+/m10/s1. The minimum atomic E-state index is -0.439. The second kappa shape index (κ2) is 11.7. The van der Waals surface area contributed by atoms with E-state index in [-0.39, 0.29) is 36.5 Å². The van der Waals surface area contributed by atoms with Crippen molar-refractivity contribution in [1.82, 2.24) is 10.6 Å². The number of alkyl carbamates (subject to hydrolysis) is 2. The summed E-state index contributed by atoms with van der Waals surface area (Å²) in [6, 6.07) is 0.203. The number of carbonyl (C=O) groups excluding carboxylic acids is 2. The molecule has 8 nitrogen and oxygen atoms in total. The van der Waals surface area contributed by atoms with Crippen LogP contribution in [0.25, 0.3) is 0 Å². The Hall–Kier alpha value is -1.54. The Morgan fingerprint density at radius 3 is 1.27 bits per heavy atom. The van der Waals surface area contributed by atoms with Gasteiger partial charge in [-0.1, -0.05) is 0 Å². The Bertz CT molecular complexity index is 493. The lowest BCUT2D eigenvalue weighted by atomic mass is 10.2. The number of rotatable bonds is 4. The zero-order valence-electron chi connectivity index (χ0n) is 20.0. The molecule has 2 aliphatic carbocycles. The molecule has 0 spiro atoms. The van der Waals surface area contributed by atoms with Gasteiger partial charge < -0.3 is 29.6 Å². The van der Waals surface area contributed by atoms with E-state index in [1.54, 1.807) is 14.2 Å². The fraction of sp³-hybridized carbons (Fsp3) is 0.909. The smallest absolute Gasteiger partial charge is 0.407 e. The summed E-state index contributed by atoms with van der Waals surface area (Å²) in [6.45, 7) is 11.1. The van der Waals surface area contributed by atoms with Crippen molar-refractivity contribution in [2.24, 2.45) is 0 Å². The van der Waals surface area contributed by atoms with Crippen LogP contribution in [-0.2, 0) is 18.9 Å². The lowest BCUT2D eigenvalue weighted by Gasteiger charge is -2.24. The van der Waals surface area contributed by atoms with Gasteiger partial charge in [0.25, 0.3) is 0 Å². The van der Waals surface area contributed by atoms with Gasteiger partial charge in [-0.15, -0.1) is 0 Å². The number of hydrogen-bond acceptors (Lipinski definition) is 6. The van der Waals surface area contributed by atoms with Crippen molar-refractivity contribution >= 4 is 12.2 Å². The average Bonchev–Trinajstić information content (AvgIpc) is 3.20. The van der Waals surface area contributed by atoms with Gasteiger partial charge in [0.2, 0.25) is 0 Å². The van der Waals surface area contributed by atoms with Crippen LogP contribution < -0.4 is 10.6 Å². The number of carbonyl (C=O) groups is 2. The van der Waals surface area contributed by atoms with Crippen LogP contribution in [0, 0.1) is 0 Å². The maximum absolute atomic E-state index is 11.5. The van der Waals surface area contributed by atoms with E-state index in [1.807, 2.05) is 41.5 Å². The van der Waals surface area contributed by atoms with Crippen molar-refractivity contribution in [1.29, 1.82) is 0 Å². The molecule has 2 amide bonds. The third-order valence-corrected chi connectivity index (χ3v) is 4.91. The molecule has 2 fully saturated rings. The molecule has 0 aromatic carbocycles. The van der Waals surface area contributed by atoms with Crippen LogP contribution in [0.15, 0.2) is 0 Å². The number of methoxy groups -OCH3 is 2. The maximum Gasteiger partial charge on any atom is 0.407 e. The highest BCUT2D eigenvalue weighted by molar-refractivity contribution is 5.68. The summed E-state index contributed by atoms with van der Waals surface area (Å²) in [5, 5.41) is 5.70. The van der Waals surface area contributed by atoms with Gasteiger partial charge in [-0.2, -0.15) is 0 Å². The van der Waals surface area contributed by atoms with Crippen LogP contribution in [0.2, 0.25) is 0 Å². The Morgan fingerprint density at radius 2 is 1.00 bits per heavy atom. The molecule has 0 bridgehead atoms. The molecule has 0 unspecified atom stereocenters. The van der Waals surface area contributed by atoms with Crippen LogP contribution in [0.1, 0.15) is 80.1 Å². The summed E-state index contributed by atoms with van der Waals surface area (Å²) in [7, 11) is 3.36. The van der Waals surface area contributed by atoms with Gasteiger partial charge in [-0.25, -0.2) is 9.59 Å². The summed E-state index contributed by atoms with van der Waals surface area (Å²) in [5.41, 5.74) is -0.878. The lowest BCUT2D eigenvalue weighted by molar-refractivity contribution is 0.0384. The second-order valence-corrected chi connectivity index (χ2v) is 9.92. The molecule has 2 rings (SSSR count). The SMILES string of the molecule is CO[C@@H]1CCC[C@@H]1NC(=O)OC(C)(C)C.CO[C@H]1CCC[C@H]1NC(=O)OC(C)(C)C. The molecule has 2 N–H and O–H groups in total. The van der Waals surface area contributed by atoms with E-state index in [1.165, 1.54) is 0 Å². The first kappa shape index (κ1) is 26.5. The fourth-order valence-electron chi connectivity index (χ4n) is 3.66. The first-order valence-electron chi connectivity index (χ1n) is 10.9. The van der Waals surface area contributed by atoms with E-state index in [0.29, 0.717) is 0 Å².